The van der Waals surface area contributed by atoms with Crippen LogP contribution in [0.25, 0.3) is 0 Å². The summed E-state index contributed by atoms with van der Waals surface area (Å²) >= 11 is 1.23. The molecule has 2 rings (SSSR count). The van der Waals surface area contributed by atoms with Crippen LogP contribution in [0.3, 0.4) is 0 Å². The molecule has 1 aliphatic rings. The minimum absolute atomic E-state index is 0.197. The first-order valence-electron chi connectivity index (χ1n) is 5.80. The molecular weight excluding hydrogens is 249 g/mol. The van der Waals surface area contributed by atoms with Crippen LogP contribution in [0.15, 0.2) is 0 Å². The number of aromatic nitrogens is 1. The number of nitrogens with zero attached hydrogens (tertiary/aromatic N) is 1. The summed E-state index contributed by atoms with van der Waals surface area (Å²) in [5, 5.41) is 3.87. The number of alkyl halides is 3. The maximum absolute atomic E-state index is 12.7. The van der Waals surface area contributed by atoms with Crippen molar-refractivity contribution in [3.8, 4) is 0 Å². The Morgan fingerprint density at radius 1 is 1.35 bits per heavy atom. The molecule has 17 heavy (non-hydrogen) atoms. The van der Waals surface area contributed by atoms with E-state index in [2.05, 4.69) is 10.3 Å². The van der Waals surface area contributed by atoms with Crippen LogP contribution in [-0.2, 0) is 12.6 Å². The van der Waals surface area contributed by atoms with E-state index in [1.54, 1.807) is 6.92 Å². The van der Waals surface area contributed by atoms with Crippen molar-refractivity contribution in [2.45, 2.75) is 38.3 Å². The molecule has 1 aromatic rings. The minimum Gasteiger partial charge on any atom is -0.317 e. The third-order valence-corrected chi connectivity index (χ3v) is 4.35. The molecule has 1 N–H and O–H groups in total. The van der Waals surface area contributed by atoms with E-state index in [0.29, 0.717) is 16.3 Å². The Bertz CT molecular complexity index is 381. The summed E-state index contributed by atoms with van der Waals surface area (Å²) in [5.41, 5.74) is -0.668. The largest absolute Gasteiger partial charge is 0.434 e. The van der Waals surface area contributed by atoms with Crippen molar-refractivity contribution in [1.82, 2.24) is 10.3 Å². The Morgan fingerprint density at radius 3 is 2.47 bits per heavy atom. The third kappa shape index (κ3) is 2.80. The Balaban J connectivity index is 2.27. The minimum atomic E-state index is -4.31. The molecule has 0 atom stereocenters. The highest BCUT2D eigenvalue weighted by Crippen LogP contribution is 2.38. The van der Waals surface area contributed by atoms with Crippen molar-refractivity contribution < 1.29 is 13.2 Å². The van der Waals surface area contributed by atoms with E-state index in [-0.39, 0.29) is 5.92 Å². The first kappa shape index (κ1) is 12.8. The molecule has 0 bridgehead atoms. The molecule has 0 aromatic carbocycles. The number of nitrogens with one attached hydrogen (secondary N) is 1. The van der Waals surface area contributed by atoms with Gasteiger partial charge in [0.15, 0.2) is 5.69 Å². The molecular formula is C11H15F3N2S. The van der Waals surface area contributed by atoms with Gasteiger partial charge in [0.25, 0.3) is 0 Å². The standard InChI is InChI=1S/C11H15F3N2S/c1-2-8-9(11(12,13)14)16-10(17-8)7-3-5-15-6-4-7/h7,15H,2-6H2,1H3. The van der Waals surface area contributed by atoms with Crippen LogP contribution in [0.5, 0.6) is 0 Å². The number of hydrogen-bond donors (Lipinski definition) is 1. The summed E-state index contributed by atoms with van der Waals surface area (Å²) in [5.74, 6) is 0.197. The summed E-state index contributed by atoms with van der Waals surface area (Å²) in [6.07, 6.45) is -2.15. The normalized spacial score (nSPS) is 18.6. The molecule has 6 heteroatoms. The number of thiazole rings is 1. The van der Waals surface area contributed by atoms with Gasteiger partial charge in [0, 0.05) is 10.8 Å². The van der Waals surface area contributed by atoms with Gasteiger partial charge in [-0.25, -0.2) is 4.98 Å². The highest BCUT2D eigenvalue weighted by atomic mass is 32.1. The van der Waals surface area contributed by atoms with Crippen LogP contribution in [-0.4, -0.2) is 18.1 Å². The SMILES string of the molecule is CCc1sc(C2CCNCC2)nc1C(F)(F)F. The average Bonchev–Trinajstić information content (AvgIpc) is 2.74. The molecule has 1 aromatic heterocycles. The van der Waals surface area contributed by atoms with Gasteiger partial charge in [0.2, 0.25) is 0 Å². The van der Waals surface area contributed by atoms with Gasteiger partial charge in [-0.1, -0.05) is 6.92 Å². The Hall–Kier alpha value is -0.620. The summed E-state index contributed by atoms with van der Waals surface area (Å²) in [6, 6.07) is 0. The topological polar surface area (TPSA) is 24.9 Å². The lowest BCUT2D eigenvalue weighted by molar-refractivity contribution is -0.141. The number of halogens is 3. The lowest BCUT2D eigenvalue weighted by Crippen LogP contribution is -2.26. The predicted molar refractivity (Wildman–Crippen MR) is 61.3 cm³/mol. The third-order valence-electron chi connectivity index (χ3n) is 2.99. The zero-order valence-electron chi connectivity index (χ0n) is 9.60. The maximum Gasteiger partial charge on any atom is 0.434 e. The number of rotatable bonds is 2. The van der Waals surface area contributed by atoms with Crippen LogP contribution >= 0.6 is 11.3 Å². The molecule has 2 nitrogen and oxygen atoms in total. The molecule has 0 saturated carbocycles. The van der Waals surface area contributed by atoms with E-state index in [9.17, 15) is 13.2 Å². The molecule has 0 radical (unpaired) electrons. The number of piperidine rings is 1. The molecule has 96 valence electrons. The van der Waals surface area contributed by atoms with Gasteiger partial charge >= 0.3 is 6.18 Å². The number of hydrogen-bond acceptors (Lipinski definition) is 3. The van der Waals surface area contributed by atoms with Gasteiger partial charge in [-0.15, -0.1) is 11.3 Å². The van der Waals surface area contributed by atoms with Crippen molar-refractivity contribution in [1.29, 1.82) is 0 Å². The molecule has 2 heterocycles. The lowest BCUT2D eigenvalue weighted by atomic mass is 9.99. The Morgan fingerprint density at radius 2 is 2.00 bits per heavy atom. The first-order chi connectivity index (χ1) is 8.02. The molecule has 1 fully saturated rings. The lowest BCUT2D eigenvalue weighted by Gasteiger charge is -2.20. The highest BCUT2D eigenvalue weighted by Gasteiger charge is 2.37. The average molecular weight is 264 g/mol. The van der Waals surface area contributed by atoms with Crippen LogP contribution in [0, 0.1) is 0 Å². The Kier molecular flexibility index (Phi) is 3.73. The smallest absolute Gasteiger partial charge is 0.317 e. The second-order valence-electron chi connectivity index (χ2n) is 4.20. The summed E-state index contributed by atoms with van der Waals surface area (Å²) in [6.45, 7) is 3.48. The Labute approximate surface area is 102 Å². The van der Waals surface area contributed by atoms with Gasteiger partial charge < -0.3 is 5.32 Å². The van der Waals surface area contributed by atoms with Gasteiger partial charge in [-0.2, -0.15) is 13.2 Å². The van der Waals surface area contributed by atoms with Gasteiger partial charge in [-0.3, -0.25) is 0 Å². The van der Waals surface area contributed by atoms with Crippen molar-refractivity contribution in [3.63, 3.8) is 0 Å². The highest BCUT2D eigenvalue weighted by molar-refractivity contribution is 7.11. The molecule has 0 amide bonds. The van der Waals surface area contributed by atoms with Gasteiger partial charge in [-0.05, 0) is 32.4 Å². The van der Waals surface area contributed by atoms with E-state index >= 15 is 0 Å². The van der Waals surface area contributed by atoms with Crippen molar-refractivity contribution in [2.24, 2.45) is 0 Å². The van der Waals surface area contributed by atoms with Crippen LogP contribution in [0.2, 0.25) is 0 Å². The summed E-state index contributed by atoms with van der Waals surface area (Å²) in [7, 11) is 0. The molecule has 0 spiro atoms. The maximum atomic E-state index is 12.7. The molecule has 0 aliphatic carbocycles. The second-order valence-corrected chi connectivity index (χ2v) is 5.31. The molecule has 1 aliphatic heterocycles. The van der Waals surface area contributed by atoms with E-state index in [1.807, 2.05) is 0 Å². The first-order valence-corrected chi connectivity index (χ1v) is 6.61. The van der Waals surface area contributed by atoms with E-state index in [0.717, 1.165) is 25.9 Å². The van der Waals surface area contributed by atoms with Crippen molar-refractivity contribution in [2.75, 3.05) is 13.1 Å². The van der Waals surface area contributed by atoms with Crippen molar-refractivity contribution in [3.05, 3.63) is 15.6 Å². The second kappa shape index (κ2) is 4.94. The summed E-state index contributed by atoms with van der Waals surface area (Å²) < 4.78 is 38.2. The fraction of sp³-hybridized carbons (Fsp3) is 0.727. The van der Waals surface area contributed by atoms with E-state index in [1.165, 1.54) is 11.3 Å². The van der Waals surface area contributed by atoms with Gasteiger partial charge in [0.05, 0.1) is 5.01 Å². The zero-order valence-corrected chi connectivity index (χ0v) is 10.4. The van der Waals surface area contributed by atoms with Gasteiger partial charge in [0.1, 0.15) is 0 Å². The molecule has 0 unspecified atom stereocenters. The van der Waals surface area contributed by atoms with E-state index in [4.69, 9.17) is 0 Å². The number of aryl methyl sites for hydroxylation is 1. The zero-order chi connectivity index (χ0) is 12.5. The quantitative estimate of drug-likeness (QED) is 0.887. The molecule has 1 saturated heterocycles. The fourth-order valence-corrected chi connectivity index (χ4v) is 3.27. The van der Waals surface area contributed by atoms with Crippen LogP contribution < -0.4 is 5.32 Å². The van der Waals surface area contributed by atoms with Crippen LogP contribution in [0.1, 0.15) is 41.3 Å². The van der Waals surface area contributed by atoms with Crippen LogP contribution in [0.4, 0.5) is 13.2 Å². The summed E-state index contributed by atoms with van der Waals surface area (Å²) in [4.78, 5) is 4.21. The van der Waals surface area contributed by atoms with E-state index < -0.39 is 11.9 Å². The fourth-order valence-electron chi connectivity index (χ4n) is 2.07. The van der Waals surface area contributed by atoms with Crippen molar-refractivity contribution >= 4 is 11.3 Å². The predicted octanol–water partition coefficient (Wildman–Crippen LogP) is 3.19. The monoisotopic (exact) mass is 264 g/mol.